The van der Waals surface area contributed by atoms with Crippen LogP contribution in [0.15, 0.2) is 91.1 Å². The van der Waals surface area contributed by atoms with Gasteiger partial charge in [0, 0.05) is 64.8 Å². The van der Waals surface area contributed by atoms with Gasteiger partial charge in [0.1, 0.15) is 54.7 Å². The van der Waals surface area contributed by atoms with E-state index in [1.165, 1.54) is 24.6 Å². The third kappa shape index (κ3) is 23.7. The molecule has 4 aromatic rings. The zero-order chi connectivity index (χ0) is 62.8. The number of ketones is 1. The zero-order valence-electron chi connectivity index (χ0n) is 49.0. The molecule has 1 fully saturated rings. The number of unbranched alkanes of at least 4 members (excludes halogenated alkanes) is 1. The van der Waals surface area contributed by atoms with Gasteiger partial charge in [-0.3, -0.25) is 33.6 Å². The van der Waals surface area contributed by atoms with Crippen LogP contribution in [0.2, 0.25) is 0 Å². The number of aromatic nitrogens is 1. The number of ether oxygens (including phenoxy) is 1. The number of nitrogens with one attached hydrogen (secondary N) is 9. The summed E-state index contributed by atoms with van der Waals surface area (Å²) < 4.78 is 5.30. The van der Waals surface area contributed by atoms with E-state index in [0.717, 1.165) is 32.5 Å². The van der Waals surface area contributed by atoms with Gasteiger partial charge in [-0.1, -0.05) is 122 Å². The summed E-state index contributed by atoms with van der Waals surface area (Å²) in [7, 11) is 4.98. The first-order chi connectivity index (χ1) is 41.1. The molecule has 1 aliphatic rings. The molecule has 0 spiro atoms. The summed E-state index contributed by atoms with van der Waals surface area (Å²) in [5.74, 6) is -6.13. The van der Waals surface area contributed by atoms with Crippen molar-refractivity contribution in [1.82, 2.24) is 47.5 Å². The lowest BCUT2D eigenvalue weighted by atomic mass is 10.0. The average Bonchev–Trinajstić information content (AvgIpc) is 3.15. The van der Waals surface area contributed by atoms with Crippen LogP contribution < -0.4 is 48.3 Å². The molecule has 8 amide bonds. The first-order valence-corrected chi connectivity index (χ1v) is 33.3. The number of hydrogen-bond acceptors (Lipinski definition) is 18. The average molecular weight is 1270 g/mol. The summed E-state index contributed by atoms with van der Waals surface area (Å²) >= 11 is 0. The number of rotatable bonds is 26. The fourth-order valence-corrected chi connectivity index (χ4v) is 13.6. The SMILES string of the molecule is CC(=O)CCC(C)(C)SSCCOC(=O)N[C@H](Cc1ccccc1)C(=O)NC1CSSC[C@@H](C(=O)N[C@H](CO)[C@@H](C)O)NC(=O)C([C@@H](C)O)NC(=O)[C@H](CCCCN)NC(=O)[C@@H](Cc2c[nH]c3ccccc23)NC(=O)[C@H](Cc2ccccc2)NC1=O. The van der Waals surface area contributed by atoms with E-state index in [2.05, 4.69) is 47.5 Å². The monoisotopic (exact) mass is 1270 g/mol. The third-order valence-electron chi connectivity index (χ3n) is 13.9. The molecule has 470 valence electrons. The highest BCUT2D eigenvalue weighted by atomic mass is 33.1. The Morgan fingerprint density at radius 3 is 2.02 bits per heavy atom. The summed E-state index contributed by atoms with van der Waals surface area (Å²) in [5.41, 5.74) is 8.44. The number of carbonyl (C=O) groups excluding carboxylic acids is 9. The van der Waals surface area contributed by atoms with Crippen molar-refractivity contribution >= 4 is 107 Å². The van der Waals surface area contributed by atoms with Gasteiger partial charge in [0.15, 0.2) is 0 Å². The van der Waals surface area contributed by atoms with Crippen LogP contribution in [0, 0.1) is 0 Å². The summed E-state index contributed by atoms with van der Waals surface area (Å²) in [6.07, 6.45) is -0.460. The van der Waals surface area contributed by atoms with Crippen molar-refractivity contribution in [1.29, 1.82) is 0 Å². The van der Waals surface area contributed by atoms with Crippen molar-refractivity contribution in [3.8, 4) is 0 Å². The van der Waals surface area contributed by atoms with Crippen LogP contribution in [0.25, 0.3) is 10.9 Å². The lowest BCUT2D eigenvalue weighted by Crippen LogP contribution is -2.62. The number of para-hydroxylation sites is 1. The van der Waals surface area contributed by atoms with Crippen molar-refractivity contribution < 1.29 is 63.2 Å². The van der Waals surface area contributed by atoms with Crippen molar-refractivity contribution in [3.05, 3.63) is 108 Å². The van der Waals surface area contributed by atoms with Crippen molar-refractivity contribution in [2.45, 2.75) is 151 Å². The Hall–Kier alpha value is -6.33. The van der Waals surface area contributed by atoms with E-state index in [-0.39, 0.29) is 60.9 Å². The molecule has 1 aromatic heterocycles. The largest absolute Gasteiger partial charge is 0.449 e. The molecule has 1 saturated heterocycles. The second-order valence-corrected chi connectivity index (χ2v) is 27.2. The Morgan fingerprint density at radius 2 is 1.37 bits per heavy atom. The topological polar surface area (TPSA) is 362 Å². The maximum atomic E-state index is 15.0. The molecule has 5 rings (SSSR count). The number of aliphatic hydroxyl groups excluding tert-OH is 3. The van der Waals surface area contributed by atoms with Crippen LogP contribution >= 0.6 is 43.2 Å². The fourth-order valence-electron chi connectivity index (χ4n) is 8.89. The van der Waals surface area contributed by atoms with E-state index in [0.29, 0.717) is 48.1 Å². The molecule has 0 saturated carbocycles. The summed E-state index contributed by atoms with van der Waals surface area (Å²) in [6, 6.07) is 13.5. The number of Topliss-reactive ketones (excluding diaryl/α,β-unsaturated/α-hetero) is 1. The van der Waals surface area contributed by atoms with E-state index in [9.17, 15) is 48.9 Å². The second-order valence-electron chi connectivity index (χ2n) is 21.6. The predicted molar refractivity (Wildman–Crippen MR) is 336 cm³/mol. The van der Waals surface area contributed by atoms with Gasteiger partial charge in [0.25, 0.3) is 0 Å². The predicted octanol–water partition coefficient (Wildman–Crippen LogP) is 2.49. The normalized spacial score (nSPS) is 21.0. The molecule has 3 aromatic carbocycles. The Bertz CT molecular complexity index is 2870. The number of aliphatic hydroxyl groups is 3. The smallest absolute Gasteiger partial charge is 0.407 e. The molecule has 0 radical (unpaired) electrons. The summed E-state index contributed by atoms with van der Waals surface area (Å²) in [5, 5.41) is 53.6. The van der Waals surface area contributed by atoms with Crippen LogP contribution in [0.5, 0.6) is 0 Å². The number of nitrogens with two attached hydrogens (primary N) is 1. The first kappa shape index (κ1) is 70.4. The molecule has 0 bridgehead atoms. The molecule has 0 aliphatic carbocycles. The van der Waals surface area contributed by atoms with Gasteiger partial charge in [0.2, 0.25) is 41.4 Å². The maximum absolute atomic E-state index is 15.0. The van der Waals surface area contributed by atoms with E-state index in [1.807, 2.05) is 38.1 Å². The van der Waals surface area contributed by atoms with Crippen LogP contribution in [-0.4, -0.2) is 176 Å². The number of carbonyl (C=O) groups is 9. The van der Waals surface area contributed by atoms with Crippen LogP contribution in [0.4, 0.5) is 4.79 Å². The van der Waals surface area contributed by atoms with Gasteiger partial charge in [-0.2, -0.15) is 0 Å². The van der Waals surface area contributed by atoms with Crippen LogP contribution in [0.1, 0.15) is 83.4 Å². The van der Waals surface area contributed by atoms with Gasteiger partial charge in [-0.15, -0.1) is 0 Å². The molecule has 2 unspecified atom stereocenters. The van der Waals surface area contributed by atoms with Crippen LogP contribution in [0.3, 0.4) is 0 Å². The van der Waals surface area contributed by atoms with Crippen molar-refractivity contribution in [2.24, 2.45) is 5.73 Å². The fraction of sp³-hybridized carbons (Fsp3) is 0.508. The minimum Gasteiger partial charge on any atom is -0.449 e. The van der Waals surface area contributed by atoms with E-state index >= 15 is 9.59 Å². The number of hydrogen-bond donors (Lipinski definition) is 13. The van der Waals surface area contributed by atoms with Gasteiger partial charge in [0.05, 0.1) is 24.9 Å². The highest BCUT2D eigenvalue weighted by molar-refractivity contribution is 8.77. The Morgan fingerprint density at radius 1 is 0.756 bits per heavy atom. The number of alkyl carbamates (subject to hydrolysis) is 1. The molecule has 1 aliphatic heterocycles. The molecule has 86 heavy (non-hydrogen) atoms. The van der Waals surface area contributed by atoms with Gasteiger partial charge in [-0.05, 0) is 89.6 Å². The number of H-pyrrole nitrogens is 1. The second kappa shape index (κ2) is 36.1. The number of fused-ring (bicyclic) bond motifs is 1. The molecule has 2 heterocycles. The van der Waals surface area contributed by atoms with Crippen LogP contribution in [-0.2, 0) is 62.4 Å². The standard InChI is InChI=1S/C59H82N10O13S4/c1-35(71)23-24-59(4,5)86-83-27-26-82-58(81)68-45(29-39-18-10-7-11-19-39)53(76)66-48-33-84-85-34-49(56(79)65-47(32-70)36(2)72)67-57(80)50(37(3)73)69-51(74)43(22-14-15-25-60)62-54(77)46(30-40-31-61-42-21-13-12-20-41(40)42)64-52(75)44(63-55(48)78)28-38-16-8-6-9-17-38/h6-13,16-21,31,36-37,43-50,61,70,72-73H,14-15,22-30,32-34,60H2,1-5H3,(H,62,77)(H,63,78)(H,64,75)(H,65,79)(H,66,76)(H,67,80)(H,68,81)(H,69,74)/t36-,37-,43+,44+,45-,46-,47-,48?,49+,50?/m1/s1. The van der Waals surface area contributed by atoms with Crippen molar-refractivity contribution in [3.63, 3.8) is 0 Å². The molecular formula is C59H82N10O13S4. The summed E-state index contributed by atoms with van der Waals surface area (Å²) in [6.45, 7) is 7.69. The van der Waals surface area contributed by atoms with Crippen molar-refractivity contribution in [2.75, 3.05) is 37.0 Å². The molecular weight excluding hydrogens is 1180 g/mol. The lowest BCUT2D eigenvalue weighted by molar-refractivity contribution is -0.136. The van der Waals surface area contributed by atoms with Gasteiger partial charge >= 0.3 is 6.09 Å². The Balaban J connectivity index is 1.55. The lowest BCUT2D eigenvalue weighted by Gasteiger charge is -2.29. The minimum absolute atomic E-state index is 0.00195. The number of benzene rings is 3. The van der Waals surface area contributed by atoms with Gasteiger partial charge in [-0.25, -0.2) is 4.79 Å². The Kier molecular flexibility index (Phi) is 29.6. The zero-order valence-corrected chi connectivity index (χ0v) is 52.2. The molecule has 10 atom stereocenters. The Labute approximate surface area is 517 Å². The van der Waals surface area contributed by atoms with E-state index in [4.69, 9.17) is 10.5 Å². The van der Waals surface area contributed by atoms with Gasteiger partial charge < -0.3 is 78.1 Å². The molecule has 27 heteroatoms. The highest BCUT2D eigenvalue weighted by Crippen LogP contribution is 2.38. The quantitative estimate of drug-likeness (QED) is 0.0317. The van der Waals surface area contributed by atoms with E-state index < -0.39 is 115 Å². The highest BCUT2D eigenvalue weighted by Gasteiger charge is 2.37. The number of amides is 8. The minimum atomic E-state index is -1.71. The first-order valence-electron chi connectivity index (χ1n) is 28.5. The summed E-state index contributed by atoms with van der Waals surface area (Å²) in [4.78, 5) is 130. The third-order valence-corrected chi connectivity index (χ3v) is 19.6. The maximum Gasteiger partial charge on any atom is 0.407 e. The number of aromatic amines is 1. The van der Waals surface area contributed by atoms with E-state index in [1.54, 1.807) is 84.6 Å². The molecule has 23 nitrogen and oxygen atoms in total. The molecule has 14 N–H and O–H groups in total.